The lowest BCUT2D eigenvalue weighted by atomic mass is 9.86. The van der Waals surface area contributed by atoms with Crippen LogP contribution in [0.1, 0.15) is 43.7 Å². The molecular weight excluding hydrogens is 456 g/mol. The van der Waals surface area contributed by atoms with Crippen molar-refractivity contribution in [2.24, 2.45) is 5.92 Å². The molecule has 0 bridgehead atoms. The number of hydrogen-bond donors (Lipinski definition) is 1. The number of ether oxygens (including phenoxy) is 2. The monoisotopic (exact) mass is 482 g/mol. The Morgan fingerprint density at radius 2 is 2.00 bits per heavy atom. The Morgan fingerprint density at radius 1 is 1.26 bits per heavy atom. The summed E-state index contributed by atoms with van der Waals surface area (Å²) in [5.74, 6) is 1.19. The Balaban J connectivity index is 1.77. The summed E-state index contributed by atoms with van der Waals surface area (Å²) < 4.78 is 12.1. The number of nitriles is 1. The maximum atomic E-state index is 12.7. The molecule has 0 radical (unpaired) electrons. The highest BCUT2D eigenvalue weighted by Gasteiger charge is 2.24. The van der Waals surface area contributed by atoms with Crippen LogP contribution < -0.4 is 14.8 Å². The number of halogens is 1. The van der Waals surface area contributed by atoms with Crippen molar-refractivity contribution in [3.05, 3.63) is 63.6 Å². The lowest BCUT2D eigenvalue weighted by Crippen LogP contribution is -2.41. The van der Waals surface area contributed by atoms with Gasteiger partial charge in [0.05, 0.1) is 11.6 Å². The van der Waals surface area contributed by atoms with Crippen LogP contribution in [0.5, 0.6) is 11.5 Å². The second-order valence-electron chi connectivity index (χ2n) is 7.82. The summed E-state index contributed by atoms with van der Waals surface area (Å²) in [6, 6.07) is 15.6. The first-order valence-corrected chi connectivity index (χ1v) is 11.3. The van der Waals surface area contributed by atoms with Gasteiger partial charge in [0.25, 0.3) is 5.91 Å². The number of rotatable bonds is 7. The molecule has 2 aromatic carbocycles. The van der Waals surface area contributed by atoms with Crippen LogP contribution in [0.3, 0.4) is 0 Å². The second kappa shape index (κ2) is 11.0. The smallest absolute Gasteiger partial charge is 0.262 e. The van der Waals surface area contributed by atoms with Gasteiger partial charge in [0.2, 0.25) is 0 Å². The molecule has 1 amide bonds. The standard InChI is InChI=1S/C25H27BrN2O3/c1-17-8-6-7-11-22(17)28-25(29)20(15-27)12-19-13-21(26)24(23(14-19)30-2)31-16-18-9-4-3-5-10-18/h3-5,9-10,12-14,17,22H,6-8,11,16H2,1-2H3,(H,28,29)/b20-12+/t17-,22+/m0/s1. The molecule has 0 saturated heterocycles. The molecule has 1 fully saturated rings. The van der Waals surface area contributed by atoms with Gasteiger partial charge in [0.1, 0.15) is 18.2 Å². The van der Waals surface area contributed by atoms with Gasteiger partial charge in [0.15, 0.2) is 11.5 Å². The molecular formula is C25H27BrN2O3. The van der Waals surface area contributed by atoms with E-state index in [9.17, 15) is 10.1 Å². The van der Waals surface area contributed by atoms with Crippen LogP contribution in [0, 0.1) is 17.2 Å². The first-order valence-electron chi connectivity index (χ1n) is 10.5. The highest BCUT2D eigenvalue weighted by molar-refractivity contribution is 9.10. The molecule has 5 nitrogen and oxygen atoms in total. The van der Waals surface area contributed by atoms with Crippen LogP contribution in [-0.4, -0.2) is 19.1 Å². The Kier molecular flexibility index (Phi) is 8.13. The molecule has 2 aromatic rings. The normalized spacial score (nSPS) is 18.7. The SMILES string of the molecule is COc1cc(/C=C(\C#N)C(=O)N[C@@H]2CCCC[C@@H]2C)cc(Br)c1OCc1ccccc1. The van der Waals surface area contributed by atoms with Crippen molar-refractivity contribution in [2.75, 3.05) is 7.11 Å². The predicted octanol–water partition coefficient (Wildman–Crippen LogP) is 5.64. The van der Waals surface area contributed by atoms with Crippen LogP contribution in [0.2, 0.25) is 0 Å². The van der Waals surface area contributed by atoms with Gasteiger partial charge in [0, 0.05) is 6.04 Å². The Bertz CT molecular complexity index is 982. The summed E-state index contributed by atoms with van der Waals surface area (Å²) in [4.78, 5) is 12.7. The lowest BCUT2D eigenvalue weighted by Gasteiger charge is -2.29. The van der Waals surface area contributed by atoms with E-state index in [1.165, 1.54) is 6.42 Å². The summed E-state index contributed by atoms with van der Waals surface area (Å²) in [5, 5.41) is 12.6. The molecule has 0 aliphatic heterocycles. The summed E-state index contributed by atoms with van der Waals surface area (Å²) >= 11 is 3.53. The third kappa shape index (κ3) is 6.11. The van der Waals surface area contributed by atoms with Crippen LogP contribution in [0.4, 0.5) is 0 Å². The zero-order valence-electron chi connectivity index (χ0n) is 17.9. The van der Waals surface area contributed by atoms with E-state index in [2.05, 4.69) is 28.2 Å². The van der Waals surface area contributed by atoms with E-state index in [4.69, 9.17) is 9.47 Å². The zero-order valence-corrected chi connectivity index (χ0v) is 19.4. The highest BCUT2D eigenvalue weighted by atomic mass is 79.9. The first kappa shape index (κ1) is 22.9. The summed E-state index contributed by atoms with van der Waals surface area (Å²) in [5.41, 5.74) is 1.80. The van der Waals surface area contributed by atoms with Crippen molar-refractivity contribution in [1.29, 1.82) is 5.26 Å². The van der Waals surface area contributed by atoms with Gasteiger partial charge in [-0.3, -0.25) is 4.79 Å². The number of amides is 1. The van der Waals surface area contributed by atoms with Crippen LogP contribution >= 0.6 is 15.9 Å². The van der Waals surface area contributed by atoms with E-state index >= 15 is 0 Å². The largest absolute Gasteiger partial charge is 0.493 e. The van der Waals surface area contributed by atoms with E-state index in [-0.39, 0.29) is 17.5 Å². The lowest BCUT2D eigenvalue weighted by molar-refractivity contribution is -0.118. The van der Waals surface area contributed by atoms with Crippen molar-refractivity contribution in [2.45, 2.75) is 45.3 Å². The first-order chi connectivity index (χ1) is 15.0. The van der Waals surface area contributed by atoms with E-state index in [0.29, 0.717) is 34.1 Å². The molecule has 1 saturated carbocycles. The van der Waals surface area contributed by atoms with Crippen LogP contribution in [0.25, 0.3) is 6.08 Å². The fourth-order valence-electron chi connectivity index (χ4n) is 3.79. The number of carbonyl (C=O) groups excluding carboxylic acids is 1. The zero-order chi connectivity index (χ0) is 22.2. The Hall–Kier alpha value is -2.78. The van der Waals surface area contributed by atoms with Crippen molar-refractivity contribution in [3.63, 3.8) is 0 Å². The minimum Gasteiger partial charge on any atom is -0.493 e. The van der Waals surface area contributed by atoms with Gasteiger partial charge >= 0.3 is 0 Å². The molecule has 31 heavy (non-hydrogen) atoms. The Morgan fingerprint density at radius 3 is 2.68 bits per heavy atom. The van der Waals surface area contributed by atoms with Gasteiger partial charge in [-0.1, -0.05) is 50.1 Å². The van der Waals surface area contributed by atoms with E-state index < -0.39 is 0 Å². The van der Waals surface area contributed by atoms with Crippen molar-refractivity contribution >= 4 is 27.9 Å². The van der Waals surface area contributed by atoms with Gasteiger partial charge < -0.3 is 14.8 Å². The van der Waals surface area contributed by atoms with E-state index in [1.807, 2.05) is 42.5 Å². The molecule has 3 rings (SSSR count). The van der Waals surface area contributed by atoms with Crippen molar-refractivity contribution in [3.8, 4) is 17.6 Å². The van der Waals surface area contributed by atoms with Crippen LogP contribution in [-0.2, 0) is 11.4 Å². The second-order valence-corrected chi connectivity index (χ2v) is 8.67. The number of nitrogens with zero attached hydrogens (tertiary/aromatic N) is 1. The third-order valence-electron chi connectivity index (χ3n) is 5.58. The summed E-state index contributed by atoms with van der Waals surface area (Å²) in [6.45, 7) is 2.55. The minimum absolute atomic E-state index is 0.0738. The topological polar surface area (TPSA) is 71.3 Å². The fraction of sp³-hybridized carbons (Fsp3) is 0.360. The maximum absolute atomic E-state index is 12.7. The quantitative estimate of drug-likeness (QED) is 0.409. The fourth-order valence-corrected chi connectivity index (χ4v) is 4.36. The highest BCUT2D eigenvalue weighted by Crippen LogP contribution is 2.37. The molecule has 1 aliphatic carbocycles. The molecule has 2 atom stereocenters. The number of carbonyl (C=O) groups is 1. The predicted molar refractivity (Wildman–Crippen MR) is 125 cm³/mol. The number of methoxy groups -OCH3 is 1. The Labute approximate surface area is 192 Å². The molecule has 0 aromatic heterocycles. The average molecular weight is 483 g/mol. The number of nitrogens with one attached hydrogen (secondary N) is 1. The minimum atomic E-state index is -0.333. The molecule has 1 N–H and O–H groups in total. The van der Waals surface area contributed by atoms with Gasteiger partial charge in [-0.15, -0.1) is 0 Å². The number of hydrogen-bond acceptors (Lipinski definition) is 4. The summed E-state index contributed by atoms with van der Waals surface area (Å²) in [7, 11) is 1.56. The van der Waals surface area contributed by atoms with Crippen molar-refractivity contribution < 1.29 is 14.3 Å². The molecule has 0 unspecified atom stereocenters. The van der Waals surface area contributed by atoms with Gasteiger partial charge in [-0.25, -0.2) is 0 Å². The van der Waals surface area contributed by atoms with E-state index in [1.54, 1.807) is 19.3 Å². The molecule has 0 spiro atoms. The maximum Gasteiger partial charge on any atom is 0.262 e. The molecule has 1 aliphatic rings. The van der Waals surface area contributed by atoms with Gasteiger partial charge in [-0.05, 0) is 64.0 Å². The molecule has 6 heteroatoms. The van der Waals surface area contributed by atoms with Gasteiger partial charge in [-0.2, -0.15) is 5.26 Å². The number of benzene rings is 2. The molecule has 162 valence electrons. The average Bonchev–Trinajstić information content (AvgIpc) is 2.78. The third-order valence-corrected chi connectivity index (χ3v) is 6.17. The van der Waals surface area contributed by atoms with E-state index in [0.717, 1.165) is 24.8 Å². The summed E-state index contributed by atoms with van der Waals surface area (Å²) in [6.07, 6.45) is 5.94. The van der Waals surface area contributed by atoms with Crippen molar-refractivity contribution in [1.82, 2.24) is 5.32 Å². The molecule has 0 heterocycles. The van der Waals surface area contributed by atoms with Crippen LogP contribution in [0.15, 0.2) is 52.5 Å².